The van der Waals surface area contributed by atoms with Crippen LogP contribution in [0.5, 0.6) is 0 Å². The van der Waals surface area contributed by atoms with E-state index in [1.165, 1.54) is 6.92 Å². The molecule has 6 heteroatoms. The van der Waals surface area contributed by atoms with E-state index in [-0.39, 0.29) is 0 Å². The van der Waals surface area contributed by atoms with Crippen LogP contribution in [0.3, 0.4) is 0 Å². The molecule has 0 spiro atoms. The minimum atomic E-state index is -1.23. The number of hydrogen-bond acceptors (Lipinski definition) is 4. The van der Waals surface area contributed by atoms with Gasteiger partial charge in [-0.05, 0) is 13.3 Å². The minimum Gasteiger partial charge on any atom is -0.479 e. The van der Waals surface area contributed by atoms with Crippen LogP contribution in [0, 0.1) is 0 Å². The Bertz CT molecular complexity index is 177. The summed E-state index contributed by atoms with van der Waals surface area (Å²) in [6.07, 6.45) is -1.35. The predicted octanol–water partition coefficient (Wildman–Crippen LogP) is -0.316. The lowest BCUT2D eigenvalue weighted by molar-refractivity contribution is -0.147. The molecule has 0 amide bonds. The summed E-state index contributed by atoms with van der Waals surface area (Å²) in [4.78, 5) is 19.3. The Labute approximate surface area is 81.8 Å². The number of carbonyl (C=O) groups is 2. The van der Waals surface area contributed by atoms with Crippen LogP contribution >= 0.6 is 0 Å². The number of rotatable bonds is 4. The molecule has 0 aromatic rings. The number of carboxylic acids is 2. The first kappa shape index (κ1) is 15.3. The fourth-order valence-electron chi connectivity index (χ4n) is 0.397. The summed E-state index contributed by atoms with van der Waals surface area (Å²) in [6.45, 7) is 3.02. The number of aliphatic hydroxyl groups is 2. The van der Waals surface area contributed by atoms with Crippen LogP contribution in [0.15, 0.2) is 0 Å². The Morgan fingerprint density at radius 3 is 1.57 bits per heavy atom. The van der Waals surface area contributed by atoms with Crippen molar-refractivity contribution in [3.05, 3.63) is 0 Å². The average molecular weight is 208 g/mol. The van der Waals surface area contributed by atoms with Gasteiger partial charge in [0.2, 0.25) is 0 Å². The zero-order valence-electron chi connectivity index (χ0n) is 8.17. The Morgan fingerprint density at radius 2 is 1.50 bits per heavy atom. The van der Waals surface area contributed by atoms with E-state index in [4.69, 9.17) is 20.4 Å². The second kappa shape index (κ2) is 8.46. The van der Waals surface area contributed by atoms with Crippen molar-refractivity contribution in [3.63, 3.8) is 0 Å². The Kier molecular flexibility index (Phi) is 9.27. The molecule has 0 saturated carbocycles. The van der Waals surface area contributed by atoms with Gasteiger partial charge in [-0.2, -0.15) is 0 Å². The van der Waals surface area contributed by atoms with E-state index in [1.54, 1.807) is 0 Å². The maximum Gasteiger partial charge on any atom is 0.332 e. The van der Waals surface area contributed by atoms with Crippen LogP contribution in [-0.4, -0.2) is 44.6 Å². The van der Waals surface area contributed by atoms with Crippen molar-refractivity contribution in [3.8, 4) is 0 Å². The molecule has 0 aromatic carbocycles. The first-order valence-electron chi connectivity index (χ1n) is 4.14. The summed E-state index contributed by atoms with van der Waals surface area (Å²) in [5.74, 6) is -2.32. The average Bonchev–Trinajstić information content (AvgIpc) is 2.05. The van der Waals surface area contributed by atoms with Gasteiger partial charge in [-0.3, -0.25) is 0 Å². The maximum absolute atomic E-state index is 9.84. The third-order valence-electron chi connectivity index (χ3n) is 1.20. The molecule has 6 nitrogen and oxygen atoms in total. The Balaban J connectivity index is 0. The highest BCUT2D eigenvalue weighted by Gasteiger charge is 2.09. The number of aliphatic hydroxyl groups excluding tert-OH is 2. The van der Waals surface area contributed by atoms with E-state index < -0.39 is 24.1 Å². The zero-order chi connectivity index (χ0) is 11.7. The van der Waals surface area contributed by atoms with E-state index in [2.05, 4.69) is 0 Å². The molecule has 0 radical (unpaired) electrons. The van der Waals surface area contributed by atoms with Crippen molar-refractivity contribution >= 4 is 11.9 Å². The highest BCUT2D eigenvalue weighted by atomic mass is 16.4. The van der Waals surface area contributed by atoms with Crippen molar-refractivity contribution in [1.29, 1.82) is 0 Å². The second-order valence-corrected chi connectivity index (χ2v) is 2.66. The van der Waals surface area contributed by atoms with Crippen molar-refractivity contribution < 1.29 is 30.0 Å². The second-order valence-electron chi connectivity index (χ2n) is 2.66. The molecule has 0 aromatic heterocycles. The number of carboxylic acid groups (broad SMARTS) is 2. The van der Waals surface area contributed by atoms with E-state index in [0.717, 1.165) is 0 Å². The number of aliphatic carboxylic acids is 2. The van der Waals surface area contributed by atoms with E-state index in [9.17, 15) is 9.59 Å². The molecule has 2 unspecified atom stereocenters. The largest absolute Gasteiger partial charge is 0.479 e. The van der Waals surface area contributed by atoms with Crippen molar-refractivity contribution in [2.75, 3.05) is 0 Å². The smallest absolute Gasteiger partial charge is 0.332 e. The fraction of sp³-hybridized carbons (Fsp3) is 0.750. The summed E-state index contributed by atoms with van der Waals surface area (Å²) in [6, 6.07) is 0. The van der Waals surface area contributed by atoms with E-state index in [1.807, 2.05) is 6.92 Å². The van der Waals surface area contributed by atoms with Gasteiger partial charge in [-0.15, -0.1) is 0 Å². The van der Waals surface area contributed by atoms with Gasteiger partial charge >= 0.3 is 11.9 Å². The molecule has 0 aliphatic heterocycles. The van der Waals surface area contributed by atoms with Crippen LogP contribution in [0.2, 0.25) is 0 Å². The normalized spacial score (nSPS) is 13.4. The zero-order valence-corrected chi connectivity index (χ0v) is 8.17. The van der Waals surface area contributed by atoms with E-state index >= 15 is 0 Å². The van der Waals surface area contributed by atoms with Crippen LogP contribution in [-0.2, 0) is 9.59 Å². The van der Waals surface area contributed by atoms with Gasteiger partial charge in [-0.1, -0.05) is 13.3 Å². The van der Waals surface area contributed by atoms with Crippen LogP contribution in [0.4, 0.5) is 0 Å². The molecule has 14 heavy (non-hydrogen) atoms. The third-order valence-corrected chi connectivity index (χ3v) is 1.20. The number of hydrogen-bond donors (Lipinski definition) is 4. The molecular formula is C8H16O6. The molecule has 0 fully saturated rings. The summed E-state index contributed by atoms with van der Waals surface area (Å²) < 4.78 is 0. The quantitative estimate of drug-likeness (QED) is 0.503. The summed E-state index contributed by atoms with van der Waals surface area (Å²) >= 11 is 0. The summed E-state index contributed by atoms with van der Waals surface area (Å²) in [7, 11) is 0. The minimum absolute atomic E-state index is 0.343. The van der Waals surface area contributed by atoms with Gasteiger partial charge in [0.1, 0.15) is 6.10 Å². The summed E-state index contributed by atoms with van der Waals surface area (Å²) in [5.41, 5.74) is 0. The first-order chi connectivity index (χ1) is 6.32. The van der Waals surface area contributed by atoms with Gasteiger partial charge in [0, 0.05) is 0 Å². The van der Waals surface area contributed by atoms with Crippen LogP contribution < -0.4 is 0 Å². The molecular weight excluding hydrogens is 192 g/mol. The van der Waals surface area contributed by atoms with E-state index in [0.29, 0.717) is 12.8 Å². The standard InChI is InChI=1S/C5H10O3.C3H6O3/c1-2-3-4(6)5(7)8;1-2(4)3(5)6/h4,6H,2-3H2,1H3,(H,7,8);2,4H,1H3,(H,5,6). The predicted molar refractivity (Wildman–Crippen MR) is 47.9 cm³/mol. The molecule has 0 saturated heterocycles. The molecule has 4 N–H and O–H groups in total. The van der Waals surface area contributed by atoms with Crippen molar-refractivity contribution in [2.24, 2.45) is 0 Å². The fourth-order valence-corrected chi connectivity index (χ4v) is 0.397. The molecule has 0 aliphatic rings. The van der Waals surface area contributed by atoms with Gasteiger partial charge in [-0.25, -0.2) is 9.59 Å². The molecule has 0 rings (SSSR count). The molecule has 0 aliphatic carbocycles. The van der Waals surface area contributed by atoms with Gasteiger partial charge in [0.15, 0.2) is 6.10 Å². The van der Waals surface area contributed by atoms with Crippen LogP contribution in [0.25, 0.3) is 0 Å². The monoisotopic (exact) mass is 208 g/mol. The lowest BCUT2D eigenvalue weighted by atomic mass is 10.2. The molecule has 0 bridgehead atoms. The SMILES string of the molecule is CC(O)C(=O)O.CCCC(O)C(=O)O. The highest BCUT2D eigenvalue weighted by Crippen LogP contribution is 1.94. The molecule has 2 atom stereocenters. The van der Waals surface area contributed by atoms with Crippen molar-refractivity contribution in [1.82, 2.24) is 0 Å². The highest BCUT2D eigenvalue weighted by molar-refractivity contribution is 5.71. The first-order valence-corrected chi connectivity index (χ1v) is 4.14. The van der Waals surface area contributed by atoms with Gasteiger partial charge in [0.25, 0.3) is 0 Å². The Morgan fingerprint density at radius 1 is 1.14 bits per heavy atom. The summed E-state index contributed by atoms with van der Waals surface area (Å²) in [5, 5.41) is 32.4. The van der Waals surface area contributed by atoms with Gasteiger partial charge < -0.3 is 20.4 Å². The topological polar surface area (TPSA) is 115 Å². The van der Waals surface area contributed by atoms with Gasteiger partial charge in [0.05, 0.1) is 0 Å². The molecule has 84 valence electrons. The van der Waals surface area contributed by atoms with Crippen LogP contribution in [0.1, 0.15) is 26.7 Å². The lowest BCUT2D eigenvalue weighted by Crippen LogP contribution is -2.18. The van der Waals surface area contributed by atoms with Crippen molar-refractivity contribution in [2.45, 2.75) is 38.9 Å². The maximum atomic E-state index is 9.84. The Hall–Kier alpha value is -1.14. The lowest BCUT2D eigenvalue weighted by Gasteiger charge is -1.99. The molecule has 0 heterocycles. The third kappa shape index (κ3) is 10.9.